The van der Waals surface area contributed by atoms with Crippen LogP contribution in [0.4, 0.5) is 24.5 Å². The van der Waals surface area contributed by atoms with Crippen LogP contribution in [0.15, 0.2) is 48.5 Å². The summed E-state index contributed by atoms with van der Waals surface area (Å²) in [7, 11) is 2.03. The Hall–Kier alpha value is -2.65. The molecule has 1 fully saturated rings. The zero-order valence-corrected chi connectivity index (χ0v) is 17.2. The van der Waals surface area contributed by atoms with E-state index in [9.17, 15) is 18.0 Å². The quantitative estimate of drug-likeness (QED) is 0.549. The summed E-state index contributed by atoms with van der Waals surface area (Å²) in [6, 6.07) is 12.2. The average Bonchev–Trinajstić information content (AvgIpc) is 2.68. The highest BCUT2D eigenvalue weighted by Crippen LogP contribution is 2.31. The maximum Gasteiger partial charge on any atom is 0.573 e. The van der Waals surface area contributed by atoms with E-state index in [1.54, 1.807) is 24.3 Å². The molecular weight excluding hydrogens is 415 g/mol. The van der Waals surface area contributed by atoms with Crippen LogP contribution in [-0.2, 0) is 0 Å². The van der Waals surface area contributed by atoms with E-state index in [4.69, 9.17) is 18.0 Å². The number of ether oxygens (including phenoxy) is 1. The number of alkyl halides is 3. The first-order valence-electron chi connectivity index (χ1n) is 9.42. The number of benzene rings is 2. The van der Waals surface area contributed by atoms with E-state index in [0.29, 0.717) is 16.9 Å². The molecule has 0 spiro atoms. The van der Waals surface area contributed by atoms with Crippen LogP contribution < -0.4 is 15.4 Å². The van der Waals surface area contributed by atoms with Crippen LogP contribution in [0, 0.1) is 5.92 Å². The number of anilines is 2. The highest BCUT2D eigenvalue weighted by Gasteiger charge is 2.31. The molecule has 0 bridgehead atoms. The molecule has 0 aliphatic carbocycles. The molecule has 0 unspecified atom stereocenters. The minimum atomic E-state index is -4.77. The SMILES string of the molecule is CN1CCC(C(=O)c2cccc(N(C(N)=S)c3ccc(OC(F)(F)F)cc3)c2)CC1. The summed E-state index contributed by atoms with van der Waals surface area (Å²) in [6.07, 6.45) is -3.16. The molecule has 30 heavy (non-hydrogen) atoms. The molecule has 0 amide bonds. The number of Topliss-reactive ketones (excluding diaryl/α,β-unsaturated/α-hetero) is 1. The Balaban J connectivity index is 1.84. The number of ketones is 1. The van der Waals surface area contributed by atoms with E-state index >= 15 is 0 Å². The van der Waals surface area contributed by atoms with E-state index in [-0.39, 0.29) is 22.6 Å². The fourth-order valence-corrected chi connectivity index (χ4v) is 3.72. The Morgan fingerprint density at radius 3 is 2.33 bits per heavy atom. The monoisotopic (exact) mass is 437 g/mol. The third kappa shape index (κ3) is 5.48. The maximum absolute atomic E-state index is 12.9. The summed E-state index contributed by atoms with van der Waals surface area (Å²) in [5.74, 6) is -0.310. The van der Waals surface area contributed by atoms with E-state index in [1.165, 1.54) is 29.2 Å². The van der Waals surface area contributed by atoms with Crippen LogP contribution in [0.1, 0.15) is 23.2 Å². The first kappa shape index (κ1) is 22.0. The van der Waals surface area contributed by atoms with Gasteiger partial charge < -0.3 is 15.4 Å². The molecule has 0 aromatic heterocycles. The molecule has 2 aromatic carbocycles. The third-order valence-electron chi connectivity index (χ3n) is 5.03. The van der Waals surface area contributed by atoms with Crippen molar-refractivity contribution in [3.8, 4) is 5.75 Å². The number of rotatable bonds is 5. The Morgan fingerprint density at radius 1 is 1.13 bits per heavy atom. The van der Waals surface area contributed by atoms with Gasteiger partial charge in [-0.25, -0.2) is 0 Å². The van der Waals surface area contributed by atoms with Crippen molar-refractivity contribution < 1.29 is 22.7 Å². The van der Waals surface area contributed by atoms with Gasteiger partial charge in [0.25, 0.3) is 0 Å². The number of nitrogens with zero attached hydrogens (tertiary/aromatic N) is 2. The smallest absolute Gasteiger partial charge is 0.406 e. The number of likely N-dealkylation sites (tertiary alicyclic amines) is 1. The normalized spacial score (nSPS) is 15.6. The summed E-state index contributed by atoms with van der Waals surface area (Å²) >= 11 is 5.15. The lowest BCUT2D eigenvalue weighted by Gasteiger charge is -2.28. The van der Waals surface area contributed by atoms with Gasteiger partial charge in [-0.15, -0.1) is 13.2 Å². The molecule has 0 saturated carbocycles. The minimum absolute atomic E-state index is 0.00313. The van der Waals surface area contributed by atoms with Gasteiger partial charge in [-0.1, -0.05) is 12.1 Å². The number of thiocarbonyl (C=S) groups is 1. The van der Waals surface area contributed by atoms with Crippen molar-refractivity contribution in [2.75, 3.05) is 25.0 Å². The van der Waals surface area contributed by atoms with Crippen molar-refractivity contribution in [1.82, 2.24) is 4.90 Å². The summed E-state index contributed by atoms with van der Waals surface area (Å²) in [4.78, 5) is 16.6. The molecule has 0 radical (unpaired) electrons. The first-order chi connectivity index (χ1) is 14.1. The number of carbonyl (C=O) groups excluding carboxylic acids is 1. The van der Waals surface area contributed by atoms with Gasteiger partial charge in [0.2, 0.25) is 0 Å². The van der Waals surface area contributed by atoms with Crippen molar-refractivity contribution in [1.29, 1.82) is 0 Å². The molecule has 5 nitrogen and oxygen atoms in total. The largest absolute Gasteiger partial charge is 0.573 e. The van der Waals surface area contributed by atoms with Crippen LogP contribution in [0.3, 0.4) is 0 Å². The summed E-state index contributed by atoms with van der Waals surface area (Å²) in [5.41, 5.74) is 7.46. The Morgan fingerprint density at radius 2 is 1.77 bits per heavy atom. The maximum atomic E-state index is 12.9. The molecule has 2 N–H and O–H groups in total. The molecule has 2 aromatic rings. The van der Waals surface area contributed by atoms with Crippen molar-refractivity contribution in [2.24, 2.45) is 11.7 Å². The number of nitrogens with two attached hydrogens (primary N) is 1. The van der Waals surface area contributed by atoms with Crippen LogP contribution >= 0.6 is 12.2 Å². The number of halogens is 3. The van der Waals surface area contributed by atoms with E-state index in [2.05, 4.69) is 9.64 Å². The summed E-state index contributed by atoms with van der Waals surface area (Å²) < 4.78 is 41.0. The Bertz CT molecular complexity index is 910. The van der Waals surface area contributed by atoms with E-state index in [0.717, 1.165) is 25.9 Å². The molecular formula is C21H22F3N3O2S. The van der Waals surface area contributed by atoms with Crippen LogP contribution in [0.25, 0.3) is 0 Å². The molecule has 1 saturated heterocycles. The molecule has 3 rings (SSSR count). The van der Waals surface area contributed by atoms with Crippen molar-refractivity contribution >= 4 is 34.5 Å². The van der Waals surface area contributed by atoms with Crippen LogP contribution in [0.2, 0.25) is 0 Å². The van der Waals surface area contributed by atoms with Crippen LogP contribution in [-0.4, -0.2) is 42.3 Å². The topological polar surface area (TPSA) is 58.8 Å². The zero-order chi connectivity index (χ0) is 21.9. The van der Waals surface area contributed by atoms with Crippen molar-refractivity contribution in [2.45, 2.75) is 19.2 Å². The lowest BCUT2D eigenvalue weighted by Crippen LogP contribution is -2.34. The van der Waals surface area contributed by atoms with Gasteiger partial charge in [0, 0.05) is 22.9 Å². The molecule has 0 atom stereocenters. The number of hydrogen-bond donors (Lipinski definition) is 1. The Kier molecular flexibility index (Phi) is 6.62. The van der Waals surface area contributed by atoms with Gasteiger partial charge in [-0.2, -0.15) is 0 Å². The number of hydrogen-bond acceptors (Lipinski definition) is 4. The molecule has 160 valence electrons. The summed E-state index contributed by atoms with van der Waals surface area (Å²) in [6.45, 7) is 1.75. The highest BCUT2D eigenvalue weighted by molar-refractivity contribution is 7.80. The fraction of sp³-hybridized carbons (Fsp3) is 0.333. The standard InChI is InChI=1S/C21H22F3N3O2S/c1-26-11-9-14(10-12-26)19(28)15-3-2-4-17(13-15)27(20(25)30)16-5-7-18(8-6-16)29-21(22,23)24/h2-8,13-14H,9-12H2,1H3,(H2,25,30). The van der Waals surface area contributed by atoms with Gasteiger partial charge >= 0.3 is 6.36 Å². The van der Waals surface area contributed by atoms with Crippen molar-refractivity contribution in [3.05, 3.63) is 54.1 Å². The lowest BCUT2D eigenvalue weighted by atomic mass is 9.89. The highest BCUT2D eigenvalue weighted by atomic mass is 32.1. The average molecular weight is 437 g/mol. The first-order valence-corrected chi connectivity index (χ1v) is 9.83. The molecule has 9 heteroatoms. The number of piperidine rings is 1. The minimum Gasteiger partial charge on any atom is -0.406 e. The zero-order valence-electron chi connectivity index (χ0n) is 16.4. The molecule has 1 aliphatic heterocycles. The molecule has 1 aliphatic rings. The predicted octanol–water partition coefficient (Wildman–Crippen LogP) is 4.49. The van der Waals surface area contributed by atoms with Gasteiger partial charge in [0.15, 0.2) is 10.9 Å². The lowest BCUT2D eigenvalue weighted by molar-refractivity contribution is -0.274. The van der Waals surface area contributed by atoms with Gasteiger partial charge in [-0.3, -0.25) is 9.69 Å². The fourth-order valence-electron chi connectivity index (χ4n) is 3.51. The van der Waals surface area contributed by atoms with Gasteiger partial charge in [0.05, 0.1) is 0 Å². The van der Waals surface area contributed by atoms with Crippen molar-refractivity contribution in [3.63, 3.8) is 0 Å². The van der Waals surface area contributed by atoms with E-state index in [1.807, 2.05) is 7.05 Å². The predicted molar refractivity (Wildman–Crippen MR) is 113 cm³/mol. The third-order valence-corrected chi connectivity index (χ3v) is 5.21. The second kappa shape index (κ2) is 9.01. The number of carbonyl (C=O) groups is 1. The Labute approximate surface area is 178 Å². The molecule has 1 heterocycles. The summed E-state index contributed by atoms with van der Waals surface area (Å²) in [5, 5.41) is 0.00313. The second-order valence-corrected chi connectivity index (χ2v) is 7.63. The van der Waals surface area contributed by atoms with Gasteiger partial charge in [-0.05, 0) is 81.6 Å². The second-order valence-electron chi connectivity index (χ2n) is 7.21. The van der Waals surface area contributed by atoms with Crippen LogP contribution in [0.5, 0.6) is 5.75 Å². The van der Waals surface area contributed by atoms with Gasteiger partial charge in [0.1, 0.15) is 5.75 Å². The van der Waals surface area contributed by atoms with E-state index < -0.39 is 6.36 Å².